The number of hydrogen-bond donors (Lipinski definition) is 2. The van der Waals surface area contributed by atoms with E-state index in [1.165, 1.54) is 0 Å². The van der Waals surface area contributed by atoms with Crippen LogP contribution < -0.4 is 10.6 Å². The Morgan fingerprint density at radius 1 is 1.33 bits per heavy atom. The highest BCUT2D eigenvalue weighted by Gasteiger charge is 2.15. The number of aryl methyl sites for hydroxylation is 1. The summed E-state index contributed by atoms with van der Waals surface area (Å²) in [5.41, 5.74) is 1.94. The van der Waals surface area contributed by atoms with Gasteiger partial charge < -0.3 is 15.1 Å². The van der Waals surface area contributed by atoms with Gasteiger partial charge in [0.15, 0.2) is 5.58 Å². The first kappa shape index (κ1) is 13.2. The Morgan fingerprint density at radius 3 is 2.89 bits per heavy atom. The van der Waals surface area contributed by atoms with Gasteiger partial charge in [-0.15, -0.1) is 12.4 Å². The molecule has 0 amide bonds. The summed E-state index contributed by atoms with van der Waals surface area (Å²) in [7, 11) is 0. The second-order valence-corrected chi connectivity index (χ2v) is 4.63. The van der Waals surface area contributed by atoms with Gasteiger partial charge in [-0.25, -0.2) is 0 Å². The van der Waals surface area contributed by atoms with E-state index < -0.39 is 0 Å². The molecule has 1 saturated heterocycles. The molecule has 0 atom stereocenters. The first-order chi connectivity index (χ1) is 8.33. The van der Waals surface area contributed by atoms with Crippen molar-refractivity contribution in [2.45, 2.75) is 25.8 Å². The first-order valence-corrected chi connectivity index (χ1v) is 6.14. The molecule has 2 aromatic rings. The van der Waals surface area contributed by atoms with Crippen LogP contribution in [0.2, 0.25) is 0 Å². The van der Waals surface area contributed by atoms with Gasteiger partial charge in [0.25, 0.3) is 0 Å². The van der Waals surface area contributed by atoms with E-state index in [1.54, 1.807) is 0 Å². The summed E-state index contributed by atoms with van der Waals surface area (Å²) < 4.78 is 5.72. The predicted molar refractivity (Wildman–Crippen MR) is 75.5 cm³/mol. The highest BCUT2D eigenvalue weighted by atomic mass is 35.5. The number of anilines is 1. The molecule has 1 aliphatic rings. The number of hydrogen-bond acceptors (Lipinski definition) is 4. The fourth-order valence-corrected chi connectivity index (χ4v) is 2.38. The summed E-state index contributed by atoms with van der Waals surface area (Å²) in [6.45, 7) is 4.13. The topological polar surface area (TPSA) is 50.1 Å². The van der Waals surface area contributed by atoms with E-state index in [-0.39, 0.29) is 12.4 Å². The highest BCUT2D eigenvalue weighted by molar-refractivity contribution is 5.88. The van der Waals surface area contributed by atoms with E-state index in [9.17, 15) is 0 Å². The van der Waals surface area contributed by atoms with E-state index in [4.69, 9.17) is 4.42 Å². The van der Waals surface area contributed by atoms with Gasteiger partial charge in [-0.2, -0.15) is 0 Å². The zero-order chi connectivity index (χ0) is 11.7. The standard InChI is InChI=1S/C13H17N3O.ClH/c1-9-6-10-7-15-8-12(13(10)17-9)16-11-2-4-14-5-3-11;/h6-8,11,14,16H,2-5H2,1H3;1H. The van der Waals surface area contributed by atoms with Crippen LogP contribution >= 0.6 is 12.4 Å². The van der Waals surface area contributed by atoms with Crippen LogP contribution in [0.25, 0.3) is 11.0 Å². The van der Waals surface area contributed by atoms with E-state index in [0.29, 0.717) is 6.04 Å². The van der Waals surface area contributed by atoms with Crippen LogP contribution in [0, 0.1) is 6.92 Å². The molecule has 2 aromatic heterocycles. The largest absolute Gasteiger partial charge is 0.459 e. The van der Waals surface area contributed by atoms with Crippen molar-refractivity contribution < 1.29 is 4.42 Å². The molecule has 1 fully saturated rings. The monoisotopic (exact) mass is 267 g/mol. The molecule has 98 valence electrons. The van der Waals surface area contributed by atoms with Crippen molar-refractivity contribution in [1.82, 2.24) is 10.3 Å². The summed E-state index contributed by atoms with van der Waals surface area (Å²) >= 11 is 0. The molecule has 0 aromatic carbocycles. The van der Waals surface area contributed by atoms with Gasteiger partial charge in [0.2, 0.25) is 0 Å². The highest BCUT2D eigenvalue weighted by Crippen LogP contribution is 2.26. The Balaban J connectivity index is 0.00000120. The Kier molecular flexibility index (Phi) is 4.09. The Labute approximate surface area is 113 Å². The molecular formula is C13H18ClN3O. The van der Waals surface area contributed by atoms with Crippen LogP contribution in [0.3, 0.4) is 0 Å². The van der Waals surface area contributed by atoms with Crippen LogP contribution in [-0.2, 0) is 0 Å². The van der Waals surface area contributed by atoms with Crippen LogP contribution in [0.5, 0.6) is 0 Å². The summed E-state index contributed by atoms with van der Waals surface area (Å²) in [5, 5.41) is 7.97. The molecule has 2 N–H and O–H groups in total. The van der Waals surface area contributed by atoms with Gasteiger partial charge in [0, 0.05) is 17.6 Å². The maximum Gasteiger partial charge on any atom is 0.160 e. The number of piperidine rings is 1. The number of halogens is 1. The molecule has 0 saturated carbocycles. The maximum atomic E-state index is 5.72. The van der Waals surface area contributed by atoms with Crippen LogP contribution in [0.1, 0.15) is 18.6 Å². The molecular weight excluding hydrogens is 250 g/mol. The lowest BCUT2D eigenvalue weighted by Gasteiger charge is -2.24. The number of rotatable bonds is 2. The van der Waals surface area contributed by atoms with Gasteiger partial charge in [0.1, 0.15) is 5.76 Å². The summed E-state index contributed by atoms with van der Waals surface area (Å²) in [6.07, 6.45) is 6.00. The molecule has 18 heavy (non-hydrogen) atoms. The number of pyridine rings is 1. The smallest absolute Gasteiger partial charge is 0.160 e. The third kappa shape index (κ3) is 2.60. The van der Waals surface area contributed by atoms with Crippen LogP contribution in [0.15, 0.2) is 22.9 Å². The summed E-state index contributed by atoms with van der Waals surface area (Å²) in [6, 6.07) is 2.55. The molecule has 5 heteroatoms. The average molecular weight is 268 g/mol. The quantitative estimate of drug-likeness (QED) is 0.878. The van der Waals surface area contributed by atoms with Gasteiger partial charge in [-0.1, -0.05) is 0 Å². The first-order valence-electron chi connectivity index (χ1n) is 6.14. The van der Waals surface area contributed by atoms with Crippen molar-refractivity contribution in [2.24, 2.45) is 0 Å². The minimum Gasteiger partial charge on any atom is -0.459 e. The molecule has 0 radical (unpaired) electrons. The van der Waals surface area contributed by atoms with Crippen molar-refractivity contribution in [1.29, 1.82) is 0 Å². The van der Waals surface area contributed by atoms with Crippen molar-refractivity contribution >= 4 is 29.1 Å². The molecule has 3 heterocycles. The number of aromatic nitrogens is 1. The SMILES string of the molecule is Cc1cc2cncc(NC3CCNCC3)c2o1.Cl. The second-order valence-electron chi connectivity index (χ2n) is 4.63. The van der Waals surface area contributed by atoms with Crippen LogP contribution in [-0.4, -0.2) is 24.1 Å². The summed E-state index contributed by atoms with van der Waals surface area (Å²) in [4.78, 5) is 4.25. The van der Waals surface area contributed by atoms with E-state index >= 15 is 0 Å². The van der Waals surface area contributed by atoms with Crippen molar-refractivity contribution in [3.8, 4) is 0 Å². The number of nitrogens with one attached hydrogen (secondary N) is 2. The lowest BCUT2D eigenvalue weighted by Crippen LogP contribution is -2.35. The third-order valence-electron chi connectivity index (χ3n) is 3.24. The minimum atomic E-state index is 0. The molecule has 3 rings (SSSR count). The molecule has 0 aliphatic carbocycles. The molecule has 0 spiro atoms. The van der Waals surface area contributed by atoms with E-state index in [0.717, 1.165) is 48.3 Å². The fraction of sp³-hybridized carbons (Fsp3) is 0.462. The average Bonchev–Trinajstić information content (AvgIpc) is 2.72. The van der Waals surface area contributed by atoms with Crippen molar-refractivity contribution in [3.05, 3.63) is 24.2 Å². The number of nitrogens with zero attached hydrogens (tertiary/aromatic N) is 1. The van der Waals surface area contributed by atoms with E-state index in [2.05, 4.69) is 15.6 Å². The minimum absolute atomic E-state index is 0. The molecule has 1 aliphatic heterocycles. The molecule has 4 nitrogen and oxygen atoms in total. The second kappa shape index (κ2) is 5.59. The Bertz CT molecular complexity index is 520. The zero-order valence-electron chi connectivity index (χ0n) is 10.4. The molecule has 0 unspecified atom stereocenters. The van der Waals surface area contributed by atoms with Gasteiger partial charge in [-0.05, 0) is 38.9 Å². The number of fused-ring (bicyclic) bond motifs is 1. The maximum absolute atomic E-state index is 5.72. The lowest BCUT2D eigenvalue weighted by atomic mass is 10.1. The van der Waals surface area contributed by atoms with E-state index in [1.807, 2.05) is 25.4 Å². The lowest BCUT2D eigenvalue weighted by molar-refractivity contribution is 0.478. The third-order valence-corrected chi connectivity index (χ3v) is 3.24. The van der Waals surface area contributed by atoms with Gasteiger partial charge >= 0.3 is 0 Å². The van der Waals surface area contributed by atoms with Crippen molar-refractivity contribution in [3.63, 3.8) is 0 Å². The zero-order valence-corrected chi connectivity index (χ0v) is 11.2. The molecule has 0 bridgehead atoms. The summed E-state index contributed by atoms with van der Waals surface area (Å²) in [5.74, 6) is 0.932. The Morgan fingerprint density at radius 2 is 2.11 bits per heavy atom. The van der Waals surface area contributed by atoms with Crippen molar-refractivity contribution in [2.75, 3.05) is 18.4 Å². The fourth-order valence-electron chi connectivity index (χ4n) is 2.38. The number of furan rings is 1. The Hall–Kier alpha value is -1.26. The normalized spacial score (nSPS) is 16.5. The predicted octanol–water partition coefficient (Wildman–Crippen LogP) is 2.72. The van der Waals surface area contributed by atoms with Gasteiger partial charge in [0.05, 0.1) is 11.9 Å². The van der Waals surface area contributed by atoms with Gasteiger partial charge in [-0.3, -0.25) is 4.98 Å². The van der Waals surface area contributed by atoms with Crippen LogP contribution in [0.4, 0.5) is 5.69 Å².